The molecular formula is C8H15N3. The van der Waals surface area contributed by atoms with Crippen molar-refractivity contribution in [3.8, 4) is 0 Å². The van der Waals surface area contributed by atoms with Gasteiger partial charge in [0.1, 0.15) is 0 Å². The maximum absolute atomic E-state index is 5.32. The number of rotatable bonds is 0. The number of nitrogens with two attached hydrogens (primary N) is 2. The van der Waals surface area contributed by atoms with Crippen molar-refractivity contribution in [2.24, 2.45) is 5.73 Å². The minimum absolute atomic E-state index is 0.759. The first-order valence-electron chi connectivity index (χ1n) is 3.13. The van der Waals surface area contributed by atoms with Crippen LogP contribution < -0.4 is 11.5 Å². The average Bonchev–Trinajstić information content (AvgIpc) is 2.13. The molecule has 0 radical (unpaired) electrons. The fourth-order valence-electron chi connectivity index (χ4n) is 0.363. The number of nitrogens with zero attached hydrogens (tertiary/aromatic N) is 1. The molecule has 0 atom stereocenters. The first-order valence-corrected chi connectivity index (χ1v) is 3.13. The number of nitrogen functional groups attached to an aromatic ring is 1. The summed E-state index contributed by atoms with van der Waals surface area (Å²) in [5.74, 6) is 0. The average molecular weight is 153 g/mol. The highest BCUT2D eigenvalue weighted by atomic mass is 14.6. The molecule has 0 aliphatic rings. The summed E-state index contributed by atoms with van der Waals surface area (Å²) in [6.07, 6.45) is 3.32. The van der Waals surface area contributed by atoms with Gasteiger partial charge in [-0.05, 0) is 19.2 Å². The van der Waals surface area contributed by atoms with Crippen LogP contribution in [0.5, 0.6) is 0 Å². The van der Waals surface area contributed by atoms with Gasteiger partial charge in [-0.1, -0.05) is 0 Å². The van der Waals surface area contributed by atoms with Gasteiger partial charge in [0.2, 0.25) is 0 Å². The Kier molecular flexibility index (Phi) is 12.8. The van der Waals surface area contributed by atoms with Crippen molar-refractivity contribution in [3.63, 3.8) is 0 Å². The Hall–Kier alpha value is -1.35. The van der Waals surface area contributed by atoms with Crippen LogP contribution in [-0.4, -0.2) is 12.0 Å². The van der Waals surface area contributed by atoms with Gasteiger partial charge in [-0.3, -0.25) is 4.98 Å². The maximum Gasteiger partial charge on any atom is 0.0344 e. The summed E-state index contributed by atoms with van der Waals surface area (Å²) < 4.78 is 0. The first-order chi connectivity index (χ1) is 5.39. The summed E-state index contributed by atoms with van der Waals surface area (Å²) in [4.78, 5) is 3.77. The summed E-state index contributed by atoms with van der Waals surface area (Å²) >= 11 is 0. The van der Waals surface area contributed by atoms with Gasteiger partial charge in [0, 0.05) is 18.1 Å². The molecule has 1 aromatic heterocycles. The van der Waals surface area contributed by atoms with E-state index in [2.05, 4.69) is 23.9 Å². The highest BCUT2D eigenvalue weighted by Gasteiger charge is 1.73. The Balaban J connectivity index is 0. The summed E-state index contributed by atoms with van der Waals surface area (Å²) in [5.41, 5.74) is 10.6. The molecule has 11 heavy (non-hydrogen) atoms. The van der Waals surface area contributed by atoms with Crippen LogP contribution in [0, 0.1) is 0 Å². The minimum Gasteiger partial charge on any atom is -0.399 e. The second-order valence-electron chi connectivity index (χ2n) is 1.28. The predicted molar refractivity (Wildman–Crippen MR) is 50.0 cm³/mol. The van der Waals surface area contributed by atoms with E-state index in [-0.39, 0.29) is 0 Å². The largest absolute Gasteiger partial charge is 0.399 e. The second kappa shape index (κ2) is 11.4. The molecule has 0 amide bonds. The van der Waals surface area contributed by atoms with E-state index in [4.69, 9.17) is 5.73 Å². The second-order valence-corrected chi connectivity index (χ2v) is 1.28. The minimum atomic E-state index is 0.759. The number of hydrogen-bond acceptors (Lipinski definition) is 3. The van der Waals surface area contributed by atoms with Crippen molar-refractivity contribution in [2.45, 2.75) is 0 Å². The van der Waals surface area contributed by atoms with E-state index in [1.54, 1.807) is 24.5 Å². The number of anilines is 1. The van der Waals surface area contributed by atoms with Crippen LogP contribution in [0.25, 0.3) is 0 Å². The topological polar surface area (TPSA) is 64.9 Å². The normalized spacial score (nSPS) is 6.36. The van der Waals surface area contributed by atoms with Gasteiger partial charge in [0.25, 0.3) is 0 Å². The van der Waals surface area contributed by atoms with Crippen LogP contribution in [0.2, 0.25) is 0 Å². The van der Waals surface area contributed by atoms with Crippen LogP contribution in [-0.2, 0) is 0 Å². The predicted octanol–water partition coefficient (Wildman–Crippen LogP) is 1.04. The van der Waals surface area contributed by atoms with Crippen molar-refractivity contribution in [2.75, 3.05) is 12.8 Å². The van der Waals surface area contributed by atoms with Crippen LogP contribution >= 0.6 is 0 Å². The van der Waals surface area contributed by atoms with E-state index in [9.17, 15) is 0 Å². The quantitative estimate of drug-likeness (QED) is 0.547. The van der Waals surface area contributed by atoms with Gasteiger partial charge in [-0.25, -0.2) is 0 Å². The molecular weight excluding hydrogens is 138 g/mol. The van der Waals surface area contributed by atoms with Crippen LogP contribution in [0.1, 0.15) is 0 Å². The van der Waals surface area contributed by atoms with Crippen molar-refractivity contribution >= 4 is 5.69 Å². The monoisotopic (exact) mass is 153 g/mol. The number of hydrogen-bond donors (Lipinski definition) is 2. The zero-order valence-electron chi connectivity index (χ0n) is 6.83. The van der Waals surface area contributed by atoms with E-state index in [1.807, 2.05) is 0 Å². The van der Waals surface area contributed by atoms with Crippen LogP contribution in [0.4, 0.5) is 5.69 Å². The highest BCUT2D eigenvalue weighted by Crippen LogP contribution is 1.92. The summed E-state index contributed by atoms with van der Waals surface area (Å²) in [5, 5.41) is 0. The van der Waals surface area contributed by atoms with Crippen LogP contribution in [0.3, 0.4) is 0 Å². The summed E-state index contributed by atoms with van der Waals surface area (Å²) in [6.45, 7) is 6.00. The molecule has 62 valence electrons. The van der Waals surface area contributed by atoms with E-state index < -0.39 is 0 Å². The molecule has 0 aliphatic heterocycles. The van der Waals surface area contributed by atoms with Crippen molar-refractivity contribution in [1.29, 1.82) is 0 Å². The molecule has 3 nitrogen and oxygen atoms in total. The van der Waals surface area contributed by atoms with Crippen molar-refractivity contribution in [1.82, 2.24) is 4.98 Å². The van der Waals surface area contributed by atoms with Gasteiger partial charge < -0.3 is 11.5 Å². The van der Waals surface area contributed by atoms with E-state index in [0.717, 1.165) is 5.69 Å². The molecule has 0 saturated heterocycles. The number of pyridine rings is 1. The fourth-order valence-corrected chi connectivity index (χ4v) is 0.363. The molecule has 0 spiro atoms. The maximum atomic E-state index is 5.32. The third-order valence-electron chi connectivity index (χ3n) is 0.706. The fraction of sp³-hybridized carbons (Fsp3) is 0.125. The van der Waals surface area contributed by atoms with E-state index in [0.29, 0.717) is 0 Å². The molecule has 1 rings (SSSR count). The Morgan fingerprint density at radius 3 is 1.73 bits per heavy atom. The molecule has 1 aromatic rings. The van der Waals surface area contributed by atoms with Crippen LogP contribution in [0.15, 0.2) is 37.7 Å². The van der Waals surface area contributed by atoms with E-state index in [1.165, 1.54) is 7.05 Å². The Morgan fingerprint density at radius 2 is 1.55 bits per heavy atom. The SMILES string of the molecule is C=C.CN.Nc1ccncc1. The third kappa shape index (κ3) is 8.65. The van der Waals surface area contributed by atoms with E-state index >= 15 is 0 Å². The van der Waals surface area contributed by atoms with Crippen molar-refractivity contribution in [3.05, 3.63) is 37.7 Å². The summed E-state index contributed by atoms with van der Waals surface area (Å²) in [6, 6.07) is 3.50. The van der Waals surface area contributed by atoms with Gasteiger partial charge in [0.05, 0.1) is 0 Å². The Bertz CT molecular complexity index is 151. The smallest absolute Gasteiger partial charge is 0.0344 e. The summed E-state index contributed by atoms with van der Waals surface area (Å²) in [7, 11) is 1.50. The zero-order chi connectivity index (χ0) is 9.11. The van der Waals surface area contributed by atoms with Crippen molar-refractivity contribution < 1.29 is 0 Å². The molecule has 4 N–H and O–H groups in total. The standard InChI is InChI=1S/C5H6N2.C2H4.CH5N/c6-5-1-3-7-4-2-5;2*1-2/h1-4H,(H2,6,7);1-2H2;2H2,1H3. The van der Waals surface area contributed by atoms with Gasteiger partial charge in [-0.2, -0.15) is 0 Å². The van der Waals surface area contributed by atoms with Gasteiger partial charge in [0.15, 0.2) is 0 Å². The Labute approximate surface area is 67.7 Å². The molecule has 3 heteroatoms. The molecule has 0 unspecified atom stereocenters. The van der Waals surface area contributed by atoms with Gasteiger partial charge in [-0.15, -0.1) is 13.2 Å². The Morgan fingerprint density at radius 1 is 1.18 bits per heavy atom. The molecule has 0 aliphatic carbocycles. The highest BCUT2D eigenvalue weighted by molar-refractivity contribution is 5.33. The lowest BCUT2D eigenvalue weighted by Gasteiger charge is -1.83. The third-order valence-corrected chi connectivity index (χ3v) is 0.706. The zero-order valence-corrected chi connectivity index (χ0v) is 6.83. The first kappa shape index (κ1) is 12.3. The molecule has 0 bridgehead atoms. The lowest BCUT2D eigenvalue weighted by Crippen LogP contribution is -1.81. The lowest BCUT2D eigenvalue weighted by molar-refractivity contribution is 1.33. The molecule has 0 aromatic carbocycles. The van der Waals surface area contributed by atoms with Gasteiger partial charge >= 0.3 is 0 Å². The lowest BCUT2D eigenvalue weighted by atomic mass is 10.4. The molecule has 1 heterocycles. The molecule has 0 saturated carbocycles. The molecule has 0 fully saturated rings. The number of aromatic nitrogens is 1.